The summed E-state index contributed by atoms with van der Waals surface area (Å²) >= 11 is 0. The molecule has 0 bridgehead atoms. The average Bonchev–Trinajstić information content (AvgIpc) is 2.30. The zero-order chi connectivity index (χ0) is 12.3. The molecule has 0 unspecified atom stereocenters. The summed E-state index contributed by atoms with van der Waals surface area (Å²) in [5.41, 5.74) is 6.14. The number of benzene rings is 1. The van der Waals surface area contributed by atoms with Gasteiger partial charge in [-0.05, 0) is 49.9 Å². The van der Waals surface area contributed by atoms with Gasteiger partial charge in [-0.15, -0.1) is 0 Å². The van der Waals surface area contributed by atoms with Crippen LogP contribution in [-0.4, -0.2) is 19.6 Å². The van der Waals surface area contributed by atoms with Crippen LogP contribution < -0.4 is 10.6 Å². The Labute approximate surface area is 100 Å². The monoisotopic (exact) mass is 240 g/mol. The minimum atomic E-state index is -0.463. The van der Waals surface area contributed by atoms with Gasteiger partial charge < -0.3 is 10.6 Å². The number of piperidine rings is 1. The number of hydrogen-bond donors (Lipinski definition) is 1. The molecule has 1 aliphatic heterocycles. The molecule has 0 atom stereocenters. The van der Waals surface area contributed by atoms with Gasteiger partial charge in [0.2, 0.25) is 0 Å². The number of anilines is 1. The van der Waals surface area contributed by atoms with Crippen molar-refractivity contribution in [1.29, 1.82) is 0 Å². The van der Waals surface area contributed by atoms with Gasteiger partial charge in [-0.2, -0.15) is 0 Å². The molecule has 2 N–H and O–H groups in total. The number of nitrogens with zero attached hydrogens (tertiary/aromatic N) is 1. The minimum absolute atomic E-state index is 0.130. The number of halogens is 2. The van der Waals surface area contributed by atoms with E-state index in [9.17, 15) is 8.78 Å². The van der Waals surface area contributed by atoms with Crippen molar-refractivity contribution >= 4 is 5.69 Å². The smallest absolute Gasteiger partial charge is 0.149 e. The van der Waals surface area contributed by atoms with E-state index in [0.717, 1.165) is 32.4 Å². The first-order chi connectivity index (χ1) is 8.22. The molecule has 1 saturated heterocycles. The molecule has 2 rings (SSSR count). The highest BCUT2D eigenvalue weighted by atomic mass is 19.1. The molecule has 94 valence electrons. The zero-order valence-electron chi connectivity index (χ0n) is 9.88. The topological polar surface area (TPSA) is 29.3 Å². The van der Waals surface area contributed by atoms with E-state index in [-0.39, 0.29) is 5.69 Å². The van der Waals surface area contributed by atoms with Gasteiger partial charge in [0.05, 0.1) is 0 Å². The van der Waals surface area contributed by atoms with Crippen LogP contribution >= 0.6 is 0 Å². The lowest BCUT2D eigenvalue weighted by Gasteiger charge is -2.29. The first-order valence-corrected chi connectivity index (χ1v) is 6.15. The fraction of sp³-hybridized carbons (Fsp3) is 0.538. The first kappa shape index (κ1) is 12.3. The second-order valence-corrected chi connectivity index (χ2v) is 4.49. The third-order valence-electron chi connectivity index (χ3n) is 3.18. The number of nitrogens with two attached hydrogens (primary N) is 1. The first-order valence-electron chi connectivity index (χ1n) is 6.15. The fourth-order valence-electron chi connectivity index (χ4n) is 2.35. The average molecular weight is 240 g/mol. The van der Waals surface area contributed by atoms with E-state index < -0.39 is 11.6 Å². The molecule has 0 radical (unpaired) electrons. The molecule has 1 heterocycles. The maximum absolute atomic E-state index is 13.9. The molecule has 2 nitrogen and oxygen atoms in total. The Balaban J connectivity index is 2.27. The Morgan fingerprint density at radius 1 is 1.06 bits per heavy atom. The third kappa shape index (κ3) is 2.75. The van der Waals surface area contributed by atoms with Crippen LogP contribution in [0.3, 0.4) is 0 Å². The van der Waals surface area contributed by atoms with E-state index in [1.807, 2.05) is 0 Å². The van der Waals surface area contributed by atoms with Gasteiger partial charge in [0.15, 0.2) is 0 Å². The van der Waals surface area contributed by atoms with Crippen LogP contribution in [-0.2, 0) is 6.42 Å². The van der Waals surface area contributed by atoms with E-state index in [2.05, 4.69) is 0 Å². The van der Waals surface area contributed by atoms with Gasteiger partial charge in [0.1, 0.15) is 17.3 Å². The summed E-state index contributed by atoms with van der Waals surface area (Å²) in [6.45, 7) is 1.89. The minimum Gasteiger partial charge on any atom is -0.367 e. The van der Waals surface area contributed by atoms with Crippen molar-refractivity contribution in [2.45, 2.75) is 25.7 Å². The maximum atomic E-state index is 13.9. The van der Waals surface area contributed by atoms with Gasteiger partial charge >= 0.3 is 0 Å². The summed E-state index contributed by atoms with van der Waals surface area (Å²) in [7, 11) is 0. The Bertz CT molecular complexity index is 364. The second-order valence-electron chi connectivity index (χ2n) is 4.49. The summed E-state index contributed by atoms with van der Waals surface area (Å²) in [4.78, 5) is 1.81. The summed E-state index contributed by atoms with van der Waals surface area (Å²) in [6.07, 6.45) is 3.66. The predicted octanol–water partition coefficient (Wildman–Crippen LogP) is 2.46. The third-order valence-corrected chi connectivity index (χ3v) is 3.18. The summed E-state index contributed by atoms with van der Waals surface area (Å²) < 4.78 is 27.8. The highest BCUT2D eigenvalue weighted by Crippen LogP contribution is 2.27. The summed E-state index contributed by atoms with van der Waals surface area (Å²) in [5.74, 6) is -0.925. The van der Waals surface area contributed by atoms with Crippen LogP contribution in [0.15, 0.2) is 12.1 Å². The second kappa shape index (κ2) is 5.45. The van der Waals surface area contributed by atoms with Crippen molar-refractivity contribution in [3.63, 3.8) is 0 Å². The molecule has 1 aromatic carbocycles. The van der Waals surface area contributed by atoms with Gasteiger partial charge in [0, 0.05) is 13.1 Å². The van der Waals surface area contributed by atoms with E-state index in [0.29, 0.717) is 18.5 Å². The van der Waals surface area contributed by atoms with E-state index in [1.165, 1.54) is 12.1 Å². The van der Waals surface area contributed by atoms with E-state index >= 15 is 0 Å². The molecule has 0 aromatic heterocycles. The van der Waals surface area contributed by atoms with Gasteiger partial charge in [-0.3, -0.25) is 0 Å². The van der Waals surface area contributed by atoms with Crippen LogP contribution in [0.5, 0.6) is 0 Å². The largest absolute Gasteiger partial charge is 0.367 e. The predicted molar refractivity (Wildman–Crippen MR) is 65.2 cm³/mol. The number of rotatable bonds is 3. The lowest BCUT2D eigenvalue weighted by atomic mass is 10.1. The molecular formula is C13H18F2N2. The Hall–Kier alpha value is -1.16. The molecule has 0 aliphatic carbocycles. The molecule has 4 heteroatoms. The fourth-order valence-corrected chi connectivity index (χ4v) is 2.35. The van der Waals surface area contributed by atoms with Crippen molar-refractivity contribution < 1.29 is 8.78 Å². The lowest BCUT2D eigenvalue weighted by molar-refractivity contribution is 0.529. The number of hydrogen-bond acceptors (Lipinski definition) is 2. The highest BCUT2D eigenvalue weighted by molar-refractivity contribution is 5.51. The quantitative estimate of drug-likeness (QED) is 0.879. The Morgan fingerprint density at radius 3 is 2.18 bits per heavy atom. The maximum Gasteiger partial charge on any atom is 0.149 e. The molecule has 1 aromatic rings. The van der Waals surface area contributed by atoms with E-state index in [4.69, 9.17) is 5.73 Å². The van der Waals surface area contributed by atoms with Crippen LogP contribution in [0, 0.1) is 11.6 Å². The van der Waals surface area contributed by atoms with Crippen LogP contribution in [0.25, 0.3) is 0 Å². The van der Waals surface area contributed by atoms with Crippen molar-refractivity contribution in [2.24, 2.45) is 5.73 Å². The Morgan fingerprint density at radius 2 is 1.65 bits per heavy atom. The zero-order valence-corrected chi connectivity index (χ0v) is 9.88. The van der Waals surface area contributed by atoms with Gasteiger partial charge in [0.25, 0.3) is 0 Å². The molecule has 0 amide bonds. The van der Waals surface area contributed by atoms with Crippen molar-refractivity contribution in [3.8, 4) is 0 Å². The van der Waals surface area contributed by atoms with Crippen molar-refractivity contribution in [3.05, 3.63) is 29.3 Å². The van der Waals surface area contributed by atoms with Crippen LogP contribution in [0.1, 0.15) is 24.8 Å². The standard InChI is InChI=1S/C13H18F2N2/c14-11-8-10(4-5-16)9-12(15)13(11)17-6-2-1-3-7-17/h8-9H,1-7,16H2. The molecule has 0 spiro atoms. The SMILES string of the molecule is NCCc1cc(F)c(N2CCCCC2)c(F)c1. The highest BCUT2D eigenvalue weighted by Gasteiger charge is 2.19. The van der Waals surface area contributed by atoms with Gasteiger partial charge in [-0.25, -0.2) is 8.78 Å². The molecule has 17 heavy (non-hydrogen) atoms. The molecule has 1 fully saturated rings. The Kier molecular flexibility index (Phi) is 3.94. The summed E-state index contributed by atoms with van der Waals surface area (Å²) in [5, 5.41) is 0. The van der Waals surface area contributed by atoms with Crippen LogP contribution in [0.2, 0.25) is 0 Å². The molecule has 0 saturated carbocycles. The van der Waals surface area contributed by atoms with Crippen molar-refractivity contribution in [2.75, 3.05) is 24.5 Å². The molecule has 1 aliphatic rings. The summed E-state index contributed by atoms with van der Waals surface area (Å²) in [6, 6.07) is 2.81. The van der Waals surface area contributed by atoms with E-state index in [1.54, 1.807) is 4.90 Å². The molecular weight excluding hydrogens is 222 g/mol. The van der Waals surface area contributed by atoms with Crippen molar-refractivity contribution in [1.82, 2.24) is 0 Å². The lowest BCUT2D eigenvalue weighted by Crippen LogP contribution is -2.31. The van der Waals surface area contributed by atoms with Crippen LogP contribution in [0.4, 0.5) is 14.5 Å². The normalized spacial score (nSPS) is 16.3. The van der Waals surface area contributed by atoms with Gasteiger partial charge in [-0.1, -0.05) is 0 Å².